The van der Waals surface area contributed by atoms with Gasteiger partial charge in [-0.05, 0) is 24.6 Å². The maximum Gasteiger partial charge on any atom is 0.306 e. The zero-order valence-electron chi connectivity index (χ0n) is 11.3. The molecule has 2 aromatic rings. The van der Waals surface area contributed by atoms with Crippen LogP contribution in [0.3, 0.4) is 0 Å². The van der Waals surface area contributed by atoms with Crippen molar-refractivity contribution in [2.24, 2.45) is 0 Å². The standard InChI is InChI=1S/C15H16ClNO2S/c1-2-19-15(18)7-6-13-10-20-14(17-13)9-11-4-3-5-12(16)8-11/h3-5,8,10H,2,6-7,9H2,1H3. The molecule has 0 aliphatic rings. The van der Waals surface area contributed by atoms with Crippen molar-refractivity contribution in [2.75, 3.05) is 6.61 Å². The van der Waals surface area contributed by atoms with E-state index in [0.29, 0.717) is 19.4 Å². The Balaban J connectivity index is 1.90. The van der Waals surface area contributed by atoms with E-state index in [1.54, 1.807) is 11.3 Å². The van der Waals surface area contributed by atoms with Crippen LogP contribution >= 0.6 is 22.9 Å². The third-order valence-electron chi connectivity index (χ3n) is 2.73. The molecule has 0 fully saturated rings. The van der Waals surface area contributed by atoms with Gasteiger partial charge in [0.05, 0.1) is 23.7 Å². The van der Waals surface area contributed by atoms with Gasteiger partial charge in [-0.2, -0.15) is 0 Å². The van der Waals surface area contributed by atoms with Gasteiger partial charge in [0.1, 0.15) is 0 Å². The van der Waals surface area contributed by atoms with E-state index in [1.807, 2.05) is 36.6 Å². The number of aromatic nitrogens is 1. The number of benzene rings is 1. The average molecular weight is 310 g/mol. The van der Waals surface area contributed by atoms with Crippen LogP contribution in [0.15, 0.2) is 29.6 Å². The third kappa shape index (κ3) is 4.62. The highest BCUT2D eigenvalue weighted by molar-refractivity contribution is 7.09. The number of ether oxygens (including phenoxy) is 1. The second kappa shape index (κ2) is 7.41. The molecule has 0 atom stereocenters. The van der Waals surface area contributed by atoms with Gasteiger partial charge in [0, 0.05) is 23.2 Å². The first kappa shape index (κ1) is 15.0. The Kier molecular flexibility index (Phi) is 5.56. The van der Waals surface area contributed by atoms with Crippen LogP contribution in [0.25, 0.3) is 0 Å². The number of hydrogen-bond donors (Lipinski definition) is 0. The number of rotatable bonds is 6. The van der Waals surface area contributed by atoms with Crippen molar-refractivity contribution in [2.45, 2.75) is 26.2 Å². The van der Waals surface area contributed by atoms with E-state index in [1.165, 1.54) is 0 Å². The summed E-state index contributed by atoms with van der Waals surface area (Å²) >= 11 is 7.57. The second-order valence-electron chi connectivity index (χ2n) is 4.34. The SMILES string of the molecule is CCOC(=O)CCc1csc(Cc2cccc(Cl)c2)n1. The summed E-state index contributed by atoms with van der Waals surface area (Å²) in [5.74, 6) is -0.170. The van der Waals surface area contributed by atoms with Crippen molar-refractivity contribution >= 4 is 28.9 Å². The fourth-order valence-corrected chi connectivity index (χ4v) is 2.91. The van der Waals surface area contributed by atoms with Crippen molar-refractivity contribution in [3.8, 4) is 0 Å². The highest BCUT2D eigenvalue weighted by Crippen LogP contribution is 2.18. The predicted molar refractivity (Wildman–Crippen MR) is 81.3 cm³/mol. The predicted octanol–water partition coefficient (Wildman–Crippen LogP) is 3.88. The monoisotopic (exact) mass is 309 g/mol. The number of nitrogens with zero attached hydrogens (tertiary/aromatic N) is 1. The van der Waals surface area contributed by atoms with E-state index >= 15 is 0 Å². The molecule has 0 N–H and O–H groups in total. The smallest absolute Gasteiger partial charge is 0.306 e. The molecule has 5 heteroatoms. The van der Waals surface area contributed by atoms with Gasteiger partial charge in [0.15, 0.2) is 0 Å². The van der Waals surface area contributed by atoms with Crippen molar-refractivity contribution in [1.29, 1.82) is 0 Å². The highest BCUT2D eigenvalue weighted by atomic mass is 35.5. The lowest BCUT2D eigenvalue weighted by molar-refractivity contribution is -0.143. The summed E-state index contributed by atoms with van der Waals surface area (Å²) in [5, 5.41) is 3.77. The fraction of sp³-hybridized carbons (Fsp3) is 0.333. The number of hydrogen-bond acceptors (Lipinski definition) is 4. The molecule has 0 unspecified atom stereocenters. The minimum atomic E-state index is -0.170. The molecule has 0 spiro atoms. The van der Waals surface area contributed by atoms with Crippen LogP contribution < -0.4 is 0 Å². The molecule has 1 heterocycles. The van der Waals surface area contributed by atoms with Gasteiger partial charge in [-0.1, -0.05) is 23.7 Å². The Bertz CT molecular complexity index is 583. The molecule has 0 aliphatic heterocycles. The van der Waals surface area contributed by atoms with Crippen LogP contribution in [0.4, 0.5) is 0 Å². The van der Waals surface area contributed by atoms with E-state index in [-0.39, 0.29) is 5.97 Å². The number of carbonyl (C=O) groups excluding carboxylic acids is 1. The van der Waals surface area contributed by atoms with Gasteiger partial charge in [-0.3, -0.25) is 4.79 Å². The van der Waals surface area contributed by atoms with Gasteiger partial charge < -0.3 is 4.74 Å². The van der Waals surface area contributed by atoms with Crippen LogP contribution in [0.1, 0.15) is 29.6 Å². The Morgan fingerprint density at radius 3 is 3.05 bits per heavy atom. The third-order valence-corrected chi connectivity index (χ3v) is 3.87. The van der Waals surface area contributed by atoms with Gasteiger partial charge >= 0.3 is 5.97 Å². The molecule has 106 valence electrons. The zero-order chi connectivity index (χ0) is 14.4. The first-order valence-electron chi connectivity index (χ1n) is 6.50. The van der Waals surface area contributed by atoms with Crippen LogP contribution in [0.5, 0.6) is 0 Å². The molecule has 0 saturated heterocycles. The van der Waals surface area contributed by atoms with Crippen molar-refractivity contribution in [1.82, 2.24) is 4.98 Å². The van der Waals surface area contributed by atoms with Crippen molar-refractivity contribution in [3.63, 3.8) is 0 Å². The lowest BCUT2D eigenvalue weighted by Crippen LogP contribution is -2.05. The minimum absolute atomic E-state index is 0.170. The second-order valence-corrected chi connectivity index (χ2v) is 5.72. The van der Waals surface area contributed by atoms with E-state index in [9.17, 15) is 4.79 Å². The van der Waals surface area contributed by atoms with Crippen LogP contribution in [-0.4, -0.2) is 17.6 Å². The highest BCUT2D eigenvalue weighted by Gasteiger charge is 2.07. The first-order chi connectivity index (χ1) is 9.67. The topological polar surface area (TPSA) is 39.2 Å². The minimum Gasteiger partial charge on any atom is -0.466 e. The Morgan fingerprint density at radius 2 is 2.30 bits per heavy atom. The number of carbonyl (C=O) groups is 1. The molecular weight excluding hydrogens is 294 g/mol. The molecule has 0 bridgehead atoms. The summed E-state index contributed by atoms with van der Waals surface area (Å²) in [7, 11) is 0. The maximum absolute atomic E-state index is 11.3. The zero-order valence-corrected chi connectivity index (χ0v) is 12.8. The summed E-state index contributed by atoms with van der Waals surface area (Å²) in [4.78, 5) is 15.8. The molecule has 20 heavy (non-hydrogen) atoms. The van der Waals surface area contributed by atoms with E-state index in [4.69, 9.17) is 16.3 Å². The average Bonchev–Trinajstić information content (AvgIpc) is 2.84. The Labute approximate surface area is 127 Å². The molecule has 0 radical (unpaired) electrons. The first-order valence-corrected chi connectivity index (χ1v) is 7.76. The fourth-order valence-electron chi connectivity index (χ4n) is 1.83. The van der Waals surface area contributed by atoms with E-state index in [2.05, 4.69) is 4.98 Å². The normalized spacial score (nSPS) is 10.5. The van der Waals surface area contributed by atoms with E-state index < -0.39 is 0 Å². The lowest BCUT2D eigenvalue weighted by atomic mass is 10.2. The molecule has 0 saturated carbocycles. The summed E-state index contributed by atoms with van der Waals surface area (Å²) in [6.45, 7) is 2.24. The molecule has 2 rings (SSSR count). The molecule has 3 nitrogen and oxygen atoms in total. The summed E-state index contributed by atoms with van der Waals surface area (Å²) in [6, 6.07) is 7.78. The van der Waals surface area contributed by atoms with Crippen LogP contribution in [-0.2, 0) is 22.4 Å². The molecule has 1 aromatic carbocycles. The Morgan fingerprint density at radius 1 is 1.45 bits per heavy atom. The molecule has 0 amide bonds. The largest absolute Gasteiger partial charge is 0.466 e. The van der Waals surface area contributed by atoms with Crippen LogP contribution in [0.2, 0.25) is 5.02 Å². The molecule has 1 aromatic heterocycles. The summed E-state index contributed by atoms with van der Waals surface area (Å²) in [5.41, 5.74) is 2.09. The number of esters is 1. The maximum atomic E-state index is 11.3. The van der Waals surface area contributed by atoms with Gasteiger partial charge in [-0.25, -0.2) is 4.98 Å². The van der Waals surface area contributed by atoms with Crippen LogP contribution in [0, 0.1) is 0 Å². The number of halogens is 1. The Hall–Kier alpha value is -1.39. The van der Waals surface area contributed by atoms with Gasteiger partial charge in [-0.15, -0.1) is 11.3 Å². The quantitative estimate of drug-likeness (QED) is 0.760. The van der Waals surface area contributed by atoms with Crippen molar-refractivity contribution < 1.29 is 9.53 Å². The molecular formula is C15H16ClNO2S. The van der Waals surface area contributed by atoms with Gasteiger partial charge in [0.2, 0.25) is 0 Å². The van der Waals surface area contributed by atoms with Gasteiger partial charge in [0.25, 0.3) is 0 Å². The van der Waals surface area contributed by atoms with E-state index in [0.717, 1.165) is 27.7 Å². The number of thiazole rings is 1. The number of aryl methyl sites for hydroxylation is 1. The molecule has 0 aliphatic carbocycles. The van der Waals surface area contributed by atoms with Crippen molar-refractivity contribution in [3.05, 3.63) is 50.9 Å². The lowest BCUT2D eigenvalue weighted by Gasteiger charge is -2.00. The summed E-state index contributed by atoms with van der Waals surface area (Å²) in [6.07, 6.45) is 1.78. The summed E-state index contributed by atoms with van der Waals surface area (Å²) < 4.78 is 4.90.